The van der Waals surface area contributed by atoms with Crippen LogP contribution in [0.15, 0.2) is 18.2 Å². The molecule has 0 saturated carbocycles. The molecule has 0 saturated heterocycles. The first-order valence-corrected chi connectivity index (χ1v) is 7.46. The summed E-state index contributed by atoms with van der Waals surface area (Å²) in [6.07, 6.45) is 1.92. The second kappa shape index (κ2) is 7.31. The Balaban J connectivity index is 1.74. The average Bonchev–Trinajstić information content (AvgIpc) is 2.97. The molecule has 1 aliphatic heterocycles. The first-order chi connectivity index (χ1) is 10.1. The van der Waals surface area contributed by atoms with Gasteiger partial charge in [-0.3, -0.25) is 4.79 Å². The maximum Gasteiger partial charge on any atom is 0.236 e. The van der Waals surface area contributed by atoms with Crippen LogP contribution in [0, 0.1) is 0 Å². The van der Waals surface area contributed by atoms with E-state index in [1.165, 1.54) is 5.56 Å². The summed E-state index contributed by atoms with van der Waals surface area (Å²) in [4.78, 5) is 13.4. The number of nitrogens with zero attached hydrogens (tertiary/aromatic N) is 1. The molecule has 0 aliphatic carbocycles. The molecule has 1 N–H and O–H groups in total. The normalized spacial score (nSPS) is 14.0. The molecule has 1 heterocycles. The Labute approximate surface area is 126 Å². The maximum absolute atomic E-state index is 11.7. The second-order valence-electron chi connectivity index (χ2n) is 5.42. The minimum absolute atomic E-state index is 0.132. The highest BCUT2D eigenvalue weighted by molar-refractivity contribution is 5.77. The van der Waals surface area contributed by atoms with Gasteiger partial charge in [-0.25, -0.2) is 0 Å². The van der Waals surface area contributed by atoms with Gasteiger partial charge in [0.2, 0.25) is 12.7 Å². The smallest absolute Gasteiger partial charge is 0.236 e. The van der Waals surface area contributed by atoms with Gasteiger partial charge >= 0.3 is 0 Å². The van der Waals surface area contributed by atoms with E-state index in [1.807, 2.05) is 26.1 Å². The lowest BCUT2D eigenvalue weighted by Gasteiger charge is -2.18. The van der Waals surface area contributed by atoms with E-state index >= 15 is 0 Å². The minimum Gasteiger partial charge on any atom is -0.454 e. The number of carbonyl (C=O) groups excluding carboxylic acids is 1. The molecule has 0 fully saturated rings. The van der Waals surface area contributed by atoms with Crippen LogP contribution in [0.3, 0.4) is 0 Å². The summed E-state index contributed by atoms with van der Waals surface area (Å²) in [5, 5.41) is 3.27. The Hall–Kier alpha value is -1.75. The molecule has 1 unspecified atom stereocenters. The summed E-state index contributed by atoms with van der Waals surface area (Å²) in [7, 11) is 1.82. The van der Waals surface area contributed by atoms with Gasteiger partial charge in [-0.1, -0.05) is 6.07 Å². The Morgan fingerprint density at radius 1 is 1.38 bits per heavy atom. The highest BCUT2D eigenvalue weighted by atomic mass is 16.7. The Kier molecular flexibility index (Phi) is 5.44. The van der Waals surface area contributed by atoms with Crippen molar-refractivity contribution in [3.8, 4) is 11.5 Å². The van der Waals surface area contributed by atoms with Crippen LogP contribution in [0.2, 0.25) is 0 Å². The predicted molar refractivity (Wildman–Crippen MR) is 81.7 cm³/mol. The molecular formula is C16H24N2O3. The first kappa shape index (κ1) is 15.6. The van der Waals surface area contributed by atoms with E-state index in [0.717, 1.165) is 30.9 Å². The lowest BCUT2D eigenvalue weighted by atomic mass is 10.1. The van der Waals surface area contributed by atoms with E-state index in [1.54, 1.807) is 4.90 Å². The zero-order valence-corrected chi connectivity index (χ0v) is 13.0. The highest BCUT2D eigenvalue weighted by Crippen LogP contribution is 2.32. The first-order valence-electron chi connectivity index (χ1n) is 7.46. The molecule has 2 rings (SSSR count). The van der Waals surface area contributed by atoms with Crippen LogP contribution >= 0.6 is 0 Å². The maximum atomic E-state index is 11.7. The summed E-state index contributed by atoms with van der Waals surface area (Å²) in [5.41, 5.74) is 1.23. The summed E-state index contributed by atoms with van der Waals surface area (Å²) < 4.78 is 10.7. The van der Waals surface area contributed by atoms with Gasteiger partial charge in [-0.2, -0.15) is 0 Å². The van der Waals surface area contributed by atoms with E-state index in [4.69, 9.17) is 9.47 Å². The quantitative estimate of drug-likeness (QED) is 0.832. The molecule has 5 nitrogen and oxygen atoms in total. The van der Waals surface area contributed by atoms with Gasteiger partial charge in [-0.05, 0) is 44.4 Å². The largest absolute Gasteiger partial charge is 0.454 e. The molecular weight excluding hydrogens is 268 g/mol. The monoisotopic (exact) mass is 292 g/mol. The van der Waals surface area contributed by atoms with Crippen LogP contribution in [0.4, 0.5) is 0 Å². The minimum atomic E-state index is 0.132. The number of hydrogen-bond donors (Lipinski definition) is 1. The fourth-order valence-electron chi connectivity index (χ4n) is 2.15. The summed E-state index contributed by atoms with van der Waals surface area (Å²) >= 11 is 0. The van der Waals surface area contributed by atoms with Crippen LogP contribution in [-0.4, -0.2) is 43.8 Å². The molecule has 1 atom stereocenters. The number of likely N-dealkylation sites (N-methyl/N-ethyl adjacent to an activating group) is 1. The molecule has 5 heteroatoms. The number of amides is 1. The molecule has 116 valence electrons. The molecule has 1 amide bonds. The molecule has 0 bridgehead atoms. The Morgan fingerprint density at radius 3 is 2.90 bits per heavy atom. The van der Waals surface area contributed by atoms with Gasteiger partial charge in [0.25, 0.3) is 0 Å². The van der Waals surface area contributed by atoms with Crippen LogP contribution < -0.4 is 14.8 Å². The predicted octanol–water partition coefficient (Wildman–Crippen LogP) is 1.80. The van der Waals surface area contributed by atoms with Crippen molar-refractivity contribution in [1.82, 2.24) is 10.2 Å². The number of nitrogens with one attached hydrogen (secondary N) is 1. The van der Waals surface area contributed by atoms with Gasteiger partial charge in [0.05, 0.1) is 6.54 Å². The third kappa shape index (κ3) is 4.36. The van der Waals surface area contributed by atoms with Crippen molar-refractivity contribution in [1.29, 1.82) is 0 Å². The van der Waals surface area contributed by atoms with Crippen LogP contribution in [0.1, 0.15) is 25.8 Å². The fourth-order valence-corrected chi connectivity index (χ4v) is 2.15. The second-order valence-corrected chi connectivity index (χ2v) is 5.42. The number of benzene rings is 1. The lowest BCUT2D eigenvalue weighted by molar-refractivity contribution is -0.128. The molecule has 21 heavy (non-hydrogen) atoms. The van der Waals surface area contributed by atoms with Gasteiger partial charge in [0.1, 0.15) is 0 Å². The zero-order chi connectivity index (χ0) is 15.2. The van der Waals surface area contributed by atoms with Crippen LogP contribution in [0.25, 0.3) is 0 Å². The van der Waals surface area contributed by atoms with Crippen molar-refractivity contribution < 1.29 is 14.3 Å². The van der Waals surface area contributed by atoms with Gasteiger partial charge in [0, 0.05) is 19.6 Å². The third-order valence-electron chi connectivity index (χ3n) is 3.80. The lowest BCUT2D eigenvalue weighted by Crippen LogP contribution is -2.39. The number of carbonyl (C=O) groups is 1. The third-order valence-corrected chi connectivity index (χ3v) is 3.80. The summed E-state index contributed by atoms with van der Waals surface area (Å²) in [5.74, 6) is 1.78. The van der Waals surface area contributed by atoms with E-state index in [2.05, 4.69) is 18.3 Å². The van der Waals surface area contributed by atoms with Crippen molar-refractivity contribution in [3.63, 3.8) is 0 Å². The topological polar surface area (TPSA) is 50.8 Å². The van der Waals surface area contributed by atoms with Crippen molar-refractivity contribution in [3.05, 3.63) is 23.8 Å². The average molecular weight is 292 g/mol. The molecule has 1 aromatic rings. The van der Waals surface area contributed by atoms with Gasteiger partial charge < -0.3 is 19.7 Å². The molecule has 1 aromatic carbocycles. The van der Waals surface area contributed by atoms with Crippen molar-refractivity contribution in [2.45, 2.75) is 32.7 Å². The fraction of sp³-hybridized carbons (Fsp3) is 0.562. The van der Waals surface area contributed by atoms with Crippen LogP contribution in [-0.2, 0) is 11.2 Å². The number of aryl methyl sites for hydroxylation is 1. The molecule has 0 aromatic heterocycles. The van der Waals surface area contributed by atoms with Crippen molar-refractivity contribution >= 4 is 5.91 Å². The van der Waals surface area contributed by atoms with Gasteiger partial charge in [-0.15, -0.1) is 0 Å². The molecule has 1 aliphatic rings. The highest BCUT2D eigenvalue weighted by Gasteiger charge is 2.14. The van der Waals surface area contributed by atoms with Gasteiger partial charge in [0.15, 0.2) is 11.5 Å². The van der Waals surface area contributed by atoms with E-state index in [0.29, 0.717) is 19.4 Å². The Bertz CT molecular complexity index is 490. The molecule has 0 spiro atoms. The number of rotatable bonds is 7. The number of fused-ring (bicyclic) bond motifs is 1. The van der Waals surface area contributed by atoms with E-state index < -0.39 is 0 Å². The van der Waals surface area contributed by atoms with E-state index in [9.17, 15) is 4.79 Å². The van der Waals surface area contributed by atoms with Crippen LogP contribution in [0.5, 0.6) is 11.5 Å². The van der Waals surface area contributed by atoms with Crippen molar-refractivity contribution in [2.24, 2.45) is 0 Å². The standard InChI is InChI=1S/C16H24N2O3/c1-4-18(3)16(19)10-17-12(2)5-6-13-7-8-14-15(9-13)21-11-20-14/h7-9,12,17H,4-6,10-11H2,1-3H3. The molecule has 0 radical (unpaired) electrons. The SMILES string of the molecule is CCN(C)C(=O)CNC(C)CCc1ccc2c(c1)OCO2. The Morgan fingerprint density at radius 2 is 2.14 bits per heavy atom. The van der Waals surface area contributed by atoms with Crippen molar-refractivity contribution in [2.75, 3.05) is 26.9 Å². The number of ether oxygens (including phenoxy) is 2. The summed E-state index contributed by atoms with van der Waals surface area (Å²) in [6.45, 7) is 5.52. The zero-order valence-electron chi connectivity index (χ0n) is 13.0. The number of hydrogen-bond acceptors (Lipinski definition) is 4. The van der Waals surface area contributed by atoms with E-state index in [-0.39, 0.29) is 5.91 Å². The summed E-state index contributed by atoms with van der Waals surface area (Å²) in [6, 6.07) is 6.35.